The van der Waals surface area contributed by atoms with E-state index in [2.05, 4.69) is 6.92 Å². The minimum atomic E-state index is -1.17. The van der Waals surface area contributed by atoms with Crippen LogP contribution in [0.25, 0.3) is 5.57 Å². The summed E-state index contributed by atoms with van der Waals surface area (Å²) in [6, 6.07) is 1.83. The Morgan fingerprint density at radius 3 is 2.46 bits per heavy atom. The molecule has 1 atom stereocenters. The SMILES string of the molecule is CCC[C@]12CCC(=O)C=C1c1c(cc(OCC(CO)(CO)CO)c(Cl)c1Cl)C2. The standard InChI is InChI=1S/C21H26Cl2O5/c1-2-4-21-5-3-14(27)7-15(21)17-13(8-21)6-16(18(22)19(17)23)28-12-20(9-24,10-25)11-26/h6-7,24-26H,2-5,8-12H2,1H3/t21-/m1/s1. The van der Waals surface area contributed by atoms with E-state index in [-0.39, 0.29) is 22.8 Å². The summed E-state index contributed by atoms with van der Waals surface area (Å²) in [5.74, 6) is 0.461. The van der Waals surface area contributed by atoms with Gasteiger partial charge in [-0.05, 0) is 42.5 Å². The van der Waals surface area contributed by atoms with Crippen LogP contribution in [0.3, 0.4) is 0 Å². The number of ketones is 1. The zero-order chi connectivity index (χ0) is 20.5. The molecule has 0 radical (unpaired) electrons. The van der Waals surface area contributed by atoms with Gasteiger partial charge in [0.05, 0.1) is 30.3 Å². The second kappa shape index (κ2) is 8.33. The van der Waals surface area contributed by atoms with Gasteiger partial charge < -0.3 is 20.1 Å². The summed E-state index contributed by atoms with van der Waals surface area (Å²) in [5, 5.41) is 29.1. The molecule has 2 aliphatic rings. The molecule has 3 N–H and O–H groups in total. The number of halogens is 2. The van der Waals surface area contributed by atoms with Gasteiger partial charge in [-0.2, -0.15) is 0 Å². The Kier molecular flexibility index (Phi) is 6.42. The van der Waals surface area contributed by atoms with Crippen molar-refractivity contribution in [1.82, 2.24) is 0 Å². The van der Waals surface area contributed by atoms with Crippen LogP contribution in [0, 0.1) is 10.8 Å². The number of hydrogen-bond donors (Lipinski definition) is 3. The van der Waals surface area contributed by atoms with Gasteiger partial charge in [0.25, 0.3) is 0 Å². The smallest absolute Gasteiger partial charge is 0.156 e. The summed E-state index contributed by atoms with van der Waals surface area (Å²) in [6.45, 7) is 0.750. The molecule has 0 fully saturated rings. The Balaban J connectivity index is 1.99. The summed E-state index contributed by atoms with van der Waals surface area (Å²) in [4.78, 5) is 12.1. The topological polar surface area (TPSA) is 87.0 Å². The van der Waals surface area contributed by atoms with Crippen LogP contribution in [0.1, 0.15) is 43.7 Å². The van der Waals surface area contributed by atoms with E-state index in [1.165, 1.54) is 0 Å². The molecule has 28 heavy (non-hydrogen) atoms. The van der Waals surface area contributed by atoms with E-state index in [1.807, 2.05) is 6.07 Å². The normalized spacial score (nSPS) is 21.4. The van der Waals surface area contributed by atoms with Crippen LogP contribution in [0.15, 0.2) is 12.1 Å². The van der Waals surface area contributed by atoms with Crippen molar-refractivity contribution >= 4 is 34.6 Å². The molecule has 1 aromatic rings. The van der Waals surface area contributed by atoms with Crippen molar-refractivity contribution in [3.8, 4) is 5.75 Å². The molecule has 154 valence electrons. The van der Waals surface area contributed by atoms with Gasteiger partial charge >= 0.3 is 0 Å². The summed E-state index contributed by atoms with van der Waals surface area (Å²) < 4.78 is 5.77. The van der Waals surface area contributed by atoms with Crippen molar-refractivity contribution in [3.05, 3.63) is 33.3 Å². The van der Waals surface area contributed by atoms with E-state index in [9.17, 15) is 20.1 Å². The molecule has 5 nitrogen and oxygen atoms in total. The predicted octanol–water partition coefficient (Wildman–Crippen LogP) is 3.42. The molecule has 0 bridgehead atoms. The van der Waals surface area contributed by atoms with E-state index >= 15 is 0 Å². The monoisotopic (exact) mass is 428 g/mol. The van der Waals surface area contributed by atoms with Gasteiger partial charge in [0.15, 0.2) is 5.78 Å². The Bertz CT molecular complexity index is 792. The maximum absolute atomic E-state index is 12.1. The van der Waals surface area contributed by atoms with Crippen molar-refractivity contribution in [2.75, 3.05) is 26.4 Å². The number of rotatable bonds is 8. The number of hydrogen-bond acceptors (Lipinski definition) is 5. The van der Waals surface area contributed by atoms with Crippen molar-refractivity contribution in [3.63, 3.8) is 0 Å². The number of fused-ring (bicyclic) bond motifs is 3. The number of carbonyl (C=O) groups excluding carboxylic acids is 1. The lowest BCUT2D eigenvalue weighted by atomic mass is 9.70. The lowest BCUT2D eigenvalue weighted by molar-refractivity contribution is -0.115. The van der Waals surface area contributed by atoms with Crippen LogP contribution in [0.5, 0.6) is 5.75 Å². The molecule has 0 saturated carbocycles. The number of carbonyl (C=O) groups is 1. The third kappa shape index (κ3) is 3.59. The van der Waals surface area contributed by atoms with Gasteiger partial charge in [0, 0.05) is 17.4 Å². The first-order chi connectivity index (χ1) is 13.3. The Labute approximate surface area is 174 Å². The minimum Gasteiger partial charge on any atom is -0.491 e. The first-order valence-corrected chi connectivity index (χ1v) is 10.3. The molecular weight excluding hydrogens is 403 g/mol. The fraction of sp³-hybridized carbons (Fsp3) is 0.571. The van der Waals surface area contributed by atoms with Crippen LogP contribution < -0.4 is 4.74 Å². The highest BCUT2D eigenvalue weighted by Gasteiger charge is 2.45. The molecule has 0 saturated heterocycles. The van der Waals surface area contributed by atoms with E-state index in [4.69, 9.17) is 27.9 Å². The number of ether oxygens (including phenoxy) is 1. The molecule has 0 heterocycles. The zero-order valence-corrected chi connectivity index (χ0v) is 17.4. The quantitative estimate of drug-likeness (QED) is 0.590. The predicted molar refractivity (Wildman–Crippen MR) is 109 cm³/mol. The summed E-state index contributed by atoms with van der Waals surface area (Å²) in [6.07, 6.45) is 5.80. The van der Waals surface area contributed by atoms with Gasteiger partial charge in [0.2, 0.25) is 0 Å². The summed E-state index contributed by atoms with van der Waals surface area (Å²) >= 11 is 13.1. The summed E-state index contributed by atoms with van der Waals surface area (Å²) in [5.41, 5.74) is 1.54. The van der Waals surface area contributed by atoms with Crippen LogP contribution in [-0.2, 0) is 11.2 Å². The second-order valence-corrected chi connectivity index (χ2v) is 8.79. The Hall–Kier alpha value is -1.11. The van der Waals surface area contributed by atoms with Crippen molar-refractivity contribution < 1.29 is 24.9 Å². The first kappa shape index (κ1) is 21.6. The fourth-order valence-corrected chi connectivity index (χ4v) is 4.82. The number of aliphatic hydroxyl groups is 3. The molecule has 0 unspecified atom stereocenters. The molecule has 0 amide bonds. The highest BCUT2D eigenvalue weighted by molar-refractivity contribution is 6.44. The number of benzene rings is 1. The second-order valence-electron chi connectivity index (χ2n) is 8.03. The highest BCUT2D eigenvalue weighted by atomic mass is 35.5. The average molecular weight is 429 g/mol. The van der Waals surface area contributed by atoms with Gasteiger partial charge in [0.1, 0.15) is 17.4 Å². The average Bonchev–Trinajstić information content (AvgIpc) is 3.00. The molecular formula is C21H26Cl2O5. The van der Waals surface area contributed by atoms with E-state index in [0.29, 0.717) is 17.2 Å². The molecule has 2 aliphatic carbocycles. The highest BCUT2D eigenvalue weighted by Crippen LogP contribution is 2.58. The van der Waals surface area contributed by atoms with Crippen molar-refractivity contribution in [2.45, 2.75) is 39.0 Å². The summed E-state index contributed by atoms with van der Waals surface area (Å²) in [7, 11) is 0. The van der Waals surface area contributed by atoms with Gasteiger partial charge in [-0.15, -0.1) is 0 Å². The van der Waals surface area contributed by atoms with Crippen LogP contribution in [0.2, 0.25) is 10.0 Å². The lowest BCUT2D eigenvalue weighted by Crippen LogP contribution is -2.39. The Morgan fingerprint density at radius 2 is 1.86 bits per heavy atom. The fourth-order valence-electron chi connectivity index (χ4n) is 4.30. The van der Waals surface area contributed by atoms with E-state index in [1.54, 1.807) is 6.08 Å². The lowest BCUT2D eigenvalue weighted by Gasteiger charge is -2.33. The number of allylic oxidation sites excluding steroid dienone is 2. The first-order valence-electron chi connectivity index (χ1n) is 9.57. The molecule has 0 spiro atoms. The van der Waals surface area contributed by atoms with E-state index < -0.39 is 25.2 Å². The molecule has 3 rings (SSSR count). The van der Waals surface area contributed by atoms with Gasteiger partial charge in [-0.25, -0.2) is 0 Å². The van der Waals surface area contributed by atoms with Crippen LogP contribution in [0.4, 0.5) is 0 Å². The third-order valence-electron chi connectivity index (χ3n) is 6.05. The largest absolute Gasteiger partial charge is 0.491 e. The number of aliphatic hydroxyl groups excluding tert-OH is 3. The van der Waals surface area contributed by atoms with Crippen LogP contribution >= 0.6 is 23.2 Å². The minimum absolute atomic E-state index is 0.0956. The van der Waals surface area contributed by atoms with E-state index in [0.717, 1.165) is 42.4 Å². The molecule has 0 aliphatic heterocycles. The third-order valence-corrected chi connectivity index (χ3v) is 6.90. The maximum Gasteiger partial charge on any atom is 0.156 e. The molecule has 7 heteroatoms. The van der Waals surface area contributed by atoms with Gasteiger partial charge in [-0.3, -0.25) is 4.79 Å². The Morgan fingerprint density at radius 1 is 1.18 bits per heavy atom. The van der Waals surface area contributed by atoms with Gasteiger partial charge in [-0.1, -0.05) is 36.5 Å². The van der Waals surface area contributed by atoms with Crippen molar-refractivity contribution in [1.29, 1.82) is 0 Å². The van der Waals surface area contributed by atoms with Crippen LogP contribution in [-0.4, -0.2) is 47.5 Å². The zero-order valence-electron chi connectivity index (χ0n) is 15.9. The molecule has 1 aromatic carbocycles. The molecule has 0 aromatic heterocycles. The maximum atomic E-state index is 12.1. The van der Waals surface area contributed by atoms with Crippen molar-refractivity contribution in [2.24, 2.45) is 10.8 Å².